The van der Waals surface area contributed by atoms with Gasteiger partial charge in [-0.3, -0.25) is 5.84 Å². The smallest absolute Gasteiger partial charge is 0.0448 e. The summed E-state index contributed by atoms with van der Waals surface area (Å²) in [7, 11) is 1.95. The largest absolute Gasteiger partial charge is 0.268 e. The maximum atomic E-state index is 5.77. The Morgan fingerprint density at radius 2 is 2.08 bits per heavy atom. The Balaban J connectivity index is 2.77. The monoisotopic (exact) mass is 168 g/mol. The summed E-state index contributed by atoms with van der Waals surface area (Å²) in [4.78, 5) is 0. The van der Waals surface area contributed by atoms with Gasteiger partial charge in [-0.05, 0) is 25.2 Å². The highest BCUT2D eigenvalue weighted by Gasteiger charge is 2.27. The van der Waals surface area contributed by atoms with E-state index in [9.17, 15) is 0 Å². The van der Waals surface area contributed by atoms with Crippen molar-refractivity contribution in [3.05, 3.63) is 11.6 Å². The highest BCUT2D eigenvalue weighted by Crippen LogP contribution is 2.30. The van der Waals surface area contributed by atoms with Crippen LogP contribution in [0.15, 0.2) is 11.6 Å². The number of hydrazine groups is 1. The van der Waals surface area contributed by atoms with E-state index in [1.807, 2.05) is 12.1 Å². The molecule has 2 N–H and O–H groups in total. The minimum absolute atomic E-state index is 0.425. The van der Waals surface area contributed by atoms with Crippen molar-refractivity contribution in [3.8, 4) is 0 Å². The second-order valence-corrected chi connectivity index (χ2v) is 4.21. The fourth-order valence-electron chi connectivity index (χ4n) is 2.03. The highest BCUT2D eigenvalue weighted by atomic mass is 15.4. The molecule has 1 aliphatic carbocycles. The Morgan fingerprint density at radius 1 is 1.50 bits per heavy atom. The lowest BCUT2D eigenvalue weighted by Gasteiger charge is -2.35. The molecule has 0 spiro atoms. The second-order valence-electron chi connectivity index (χ2n) is 4.21. The molecular formula is C10H20N2. The number of allylic oxidation sites excluding steroid dienone is 1. The lowest BCUT2D eigenvalue weighted by Crippen LogP contribution is -2.44. The lowest BCUT2D eigenvalue weighted by molar-refractivity contribution is 0.175. The predicted octanol–water partition coefficient (Wildman–Crippen LogP) is 1.78. The van der Waals surface area contributed by atoms with E-state index in [0.717, 1.165) is 5.92 Å². The third kappa shape index (κ3) is 1.87. The summed E-state index contributed by atoms with van der Waals surface area (Å²) in [5.74, 6) is 7.20. The molecule has 12 heavy (non-hydrogen) atoms. The van der Waals surface area contributed by atoms with Crippen LogP contribution < -0.4 is 5.84 Å². The van der Waals surface area contributed by atoms with Crippen molar-refractivity contribution in [2.45, 2.75) is 33.2 Å². The van der Waals surface area contributed by atoms with E-state index < -0.39 is 0 Å². The van der Waals surface area contributed by atoms with E-state index in [1.54, 1.807) is 0 Å². The summed E-state index contributed by atoms with van der Waals surface area (Å²) in [6, 6.07) is 0.425. The zero-order valence-corrected chi connectivity index (χ0v) is 8.54. The molecular weight excluding hydrogens is 148 g/mol. The molecule has 0 aliphatic heterocycles. The topological polar surface area (TPSA) is 29.3 Å². The predicted molar refractivity (Wildman–Crippen MR) is 52.4 cm³/mol. The number of rotatable bonds is 1. The molecule has 0 aromatic heterocycles. The normalized spacial score (nSPS) is 36.8. The molecule has 3 atom stereocenters. The van der Waals surface area contributed by atoms with Crippen molar-refractivity contribution in [3.63, 3.8) is 0 Å². The first-order chi connectivity index (χ1) is 5.52. The van der Waals surface area contributed by atoms with Gasteiger partial charge in [0.2, 0.25) is 0 Å². The molecule has 0 saturated heterocycles. The number of hydrogen-bond acceptors (Lipinski definition) is 2. The van der Waals surface area contributed by atoms with Crippen molar-refractivity contribution in [1.29, 1.82) is 0 Å². The van der Waals surface area contributed by atoms with Gasteiger partial charge in [0.05, 0.1) is 0 Å². The van der Waals surface area contributed by atoms with Crippen LogP contribution in [0.25, 0.3) is 0 Å². The molecule has 0 saturated carbocycles. The summed E-state index contributed by atoms with van der Waals surface area (Å²) in [5, 5.41) is 1.82. The van der Waals surface area contributed by atoms with Crippen molar-refractivity contribution in [1.82, 2.24) is 5.01 Å². The van der Waals surface area contributed by atoms with Crippen LogP contribution in [0.4, 0.5) is 0 Å². The molecule has 1 aliphatic rings. The van der Waals surface area contributed by atoms with E-state index in [1.165, 1.54) is 12.0 Å². The van der Waals surface area contributed by atoms with Crippen LogP contribution in [-0.4, -0.2) is 18.1 Å². The Kier molecular flexibility index (Phi) is 2.91. The van der Waals surface area contributed by atoms with Crippen LogP contribution in [0.5, 0.6) is 0 Å². The quantitative estimate of drug-likeness (QED) is 0.367. The third-order valence-corrected chi connectivity index (χ3v) is 3.01. The molecule has 2 heteroatoms. The number of nitrogens with two attached hydrogens (primary N) is 1. The fraction of sp³-hybridized carbons (Fsp3) is 0.800. The van der Waals surface area contributed by atoms with Crippen LogP contribution >= 0.6 is 0 Å². The molecule has 3 unspecified atom stereocenters. The van der Waals surface area contributed by atoms with Gasteiger partial charge in [-0.15, -0.1) is 0 Å². The third-order valence-electron chi connectivity index (χ3n) is 3.01. The molecule has 2 nitrogen and oxygen atoms in total. The Bertz CT molecular complexity index is 184. The minimum atomic E-state index is 0.425. The SMILES string of the molecule is CC1=CC(N(C)N)C(C)C(C)C1. The van der Waals surface area contributed by atoms with E-state index in [2.05, 4.69) is 26.8 Å². The van der Waals surface area contributed by atoms with Gasteiger partial charge in [-0.2, -0.15) is 0 Å². The van der Waals surface area contributed by atoms with Gasteiger partial charge in [0.1, 0.15) is 0 Å². The first-order valence-corrected chi connectivity index (χ1v) is 4.67. The average Bonchev–Trinajstić information content (AvgIpc) is 1.96. The van der Waals surface area contributed by atoms with Crippen molar-refractivity contribution in [2.24, 2.45) is 17.7 Å². The second kappa shape index (κ2) is 3.58. The first-order valence-electron chi connectivity index (χ1n) is 4.67. The lowest BCUT2D eigenvalue weighted by atomic mass is 9.79. The molecule has 1 rings (SSSR count). The molecule has 0 heterocycles. The van der Waals surface area contributed by atoms with Crippen molar-refractivity contribution in [2.75, 3.05) is 7.05 Å². The van der Waals surface area contributed by atoms with Gasteiger partial charge >= 0.3 is 0 Å². The average molecular weight is 168 g/mol. The molecule has 0 bridgehead atoms. The van der Waals surface area contributed by atoms with Crippen LogP contribution in [0, 0.1) is 11.8 Å². The number of likely N-dealkylation sites (N-methyl/N-ethyl adjacent to an activating group) is 1. The van der Waals surface area contributed by atoms with Crippen molar-refractivity contribution >= 4 is 0 Å². The number of nitrogens with zero attached hydrogens (tertiary/aromatic N) is 1. The van der Waals surface area contributed by atoms with Gasteiger partial charge in [0, 0.05) is 13.1 Å². The van der Waals surface area contributed by atoms with Gasteiger partial charge < -0.3 is 0 Å². The molecule has 0 fully saturated rings. The zero-order chi connectivity index (χ0) is 9.30. The van der Waals surface area contributed by atoms with Gasteiger partial charge in [-0.25, -0.2) is 5.01 Å². The van der Waals surface area contributed by atoms with Gasteiger partial charge in [-0.1, -0.05) is 25.5 Å². The van der Waals surface area contributed by atoms with Crippen LogP contribution in [0.2, 0.25) is 0 Å². The maximum absolute atomic E-state index is 5.77. The Hall–Kier alpha value is -0.340. The van der Waals surface area contributed by atoms with Crippen LogP contribution in [0.1, 0.15) is 27.2 Å². The Morgan fingerprint density at radius 3 is 2.58 bits per heavy atom. The Labute approximate surface area is 75.4 Å². The maximum Gasteiger partial charge on any atom is 0.0448 e. The fourth-order valence-corrected chi connectivity index (χ4v) is 2.03. The summed E-state index contributed by atoms with van der Waals surface area (Å²) in [5.41, 5.74) is 1.47. The van der Waals surface area contributed by atoms with Gasteiger partial charge in [0.25, 0.3) is 0 Å². The zero-order valence-electron chi connectivity index (χ0n) is 8.54. The van der Waals surface area contributed by atoms with Crippen LogP contribution in [-0.2, 0) is 0 Å². The molecule has 0 radical (unpaired) electrons. The summed E-state index contributed by atoms with van der Waals surface area (Å²) in [6.45, 7) is 6.78. The minimum Gasteiger partial charge on any atom is -0.268 e. The summed E-state index contributed by atoms with van der Waals surface area (Å²) in [6.07, 6.45) is 3.52. The van der Waals surface area contributed by atoms with E-state index in [0.29, 0.717) is 12.0 Å². The van der Waals surface area contributed by atoms with Gasteiger partial charge in [0.15, 0.2) is 0 Å². The van der Waals surface area contributed by atoms with E-state index in [-0.39, 0.29) is 0 Å². The van der Waals surface area contributed by atoms with E-state index >= 15 is 0 Å². The first kappa shape index (κ1) is 9.75. The molecule has 0 amide bonds. The summed E-state index contributed by atoms with van der Waals surface area (Å²) >= 11 is 0. The molecule has 70 valence electrons. The molecule has 0 aromatic carbocycles. The van der Waals surface area contributed by atoms with Crippen LogP contribution in [0.3, 0.4) is 0 Å². The summed E-state index contributed by atoms with van der Waals surface area (Å²) < 4.78 is 0. The number of hydrogen-bond donors (Lipinski definition) is 1. The molecule has 0 aromatic rings. The standard InChI is InChI=1S/C10H20N2/c1-7-5-8(2)9(3)10(6-7)12(4)11/h6,8-10H,5,11H2,1-4H3. The van der Waals surface area contributed by atoms with Crippen molar-refractivity contribution < 1.29 is 0 Å². The van der Waals surface area contributed by atoms with E-state index in [4.69, 9.17) is 5.84 Å². The highest BCUT2D eigenvalue weighted by molar-refractivity contribution is 5.11.